The van der Waals surface area contributed by atoms with E-state index in [-0.39, 0.29) is 33.0 Å². The average Bonchev–Trinajstić information content (AvgIpc) is 3.32. The molecular weight excluding hydrogens is 443 g/mol. The van der Waals surface area contributed by atoms with Crippen LogP contribution < -0.4 is 5.19 Å². The van der Waals surface area contributed by atoms with Crippen molar-refractivity contribution in [2.75, 3.05) is 0 Å². The van der Waals surface area contributed by atoms with Crippen molar-refractivity contribution in [3.8, 4) is 0 Å². The van der Waals surface area contributed by atoms with Crippen LogP contribution in [0.1, 0.15) is 55.4 Å². The molecule has 0 N–H and O–H groups in total. The van der Waals surface area contributed by atoms with E-state index in [0.717, 1.165) is 11.5 Å². The molecule has 4 nitrogen and oxygen atoms in total. The maximum absolute atomic E-state index is 12.9. The molecule has 0 radical (unpaired) electrons. The van der Waals surface area contributed by atoms with Crippen molar-refractivity contribution in [1.82, 2.24) is 4.78 Å². The van der Waals surface area contributed by atoms with Gasteiger partial charge in [-0.05, 0) is 17.1 Å². The third kappa shape index (κ3) is 2.73. The summed E-state index contributed by atoms with van der Waals surface area (Å²) < 4.78 is 9.34. The molecule has 1 aliphatic carbocycles. The first-order chi connectivity index (χ1) is 15.4. The number of carbonyl (C=O) groups excluding carboxylic acids is 1. The minimum Gasteiger partial charge on any atom is -0.540 e. The molecule has 1 fully saturated rings. The van der Waals surface area contributed by atoms with Crippen LogP contribution in [0, 0.1) is 11.3 Å². The standard InChI is InChI=1S/C27H35N2O2PSi/c1-18-22-21-16-12-13-17-27(21)24(32(22)29(28-18)19(2)30)23(25(3,4)5)31-33(27,26(6,7)8)20-14-10-9-11-15-20/h9-17,21-22H,1-8H3/t21-,22+,27+,32?,33-/m1/s1. The van der Waals surface area contributed by atoms with Gasteiger partial charge in [-0.15, -0.1) is 0 Å². The Bertz CT molecular complexity index is 1140. The lowest BCUT2D eigenvalue weighted by Gasteiger charge is -2.51. The van der Waals surface area contributed by atoms with Gasteiger partial charge in [0.05, 0.1) is 24.5 Å². The lowest BCUT2D eigenvalue weighted by Crippen LogP contribution is -2.65. The Balaban J connectivity index is 1.92. The van der Waals surface area contributed by atoms with Crippen LogP contribution in [0.4, 0.5) is 0 Å². The molecule has 0 saturated carbocycles. The lowest BCUT2D eigenvalue weighted by atomic mass is 9.81. The van der Waals surface area contributed by atoms with Crippen LogP contribution in [0.5, 0.6) is 0 Å². The van der Waals surface area contributed by atoms with Crippen LogP contribution in [0.15, 0.2) is 70.8 Å². The first-order valence-corrected chi connectivity index (χ1v) is 15.2. The predicted molar refractivity (Wildman–Crippen MR) is 140 cm³/mol. The highest BCUT2D eigenvalue weighted by atomic mass is 31.1. The van der Waals surface area contributed by atoms with Crippen LogP contribution >= 0.6 is 8.07 Å². The molecule has 1 amide bonds. The van der Waals surface area contributed by atoms with Crippen molar-refractivity contribution in [3.05, 3.63) is 65.7 Å². The number of hydrogen-bond donors (Lipinski definition) is 0. The van der Waals surface area contributed by atoms with E-state index >= 15 is 0 Å². The number of carbonyl (C=O) groups is 1. The normalized spacial score (nSPS) is 34.7. The molecule has 1 unspecified atom stereocenters. The van der Waals surface area contributed by atoms with Crippen molar-refractivity contribution >= 4 is 33.2 Å². The predicted octanol–water partition coefficient (Wildman–Crippen LogP) is 6.43. The Morgan fingerprint density at radius 1 is 1.12 bits per heavy atom. The molecule has 1 spiro atoms. The van der Waals surface area contributed by atoms with E-state index in [4.69, 9.17) is 9.53 Å². The molecule has 1 aromatic rings. The van der Waals surface area contributed by atoms with Crippen molar-refractivity contribution in [1.29, 1.82) is 0 Å². The fourth-order valence-electron chi connectivity index (χ4n) is 6.64. The van der Waals surface area contributed by atoms with E-state index in [2.05, 4.69) is 103 Å². The minimum absolute atomic E-state index is 0.0279. The van der Waals surface area contributed by atoms with Gasteiger partial charge in [-0.2, -0.15) is 5.10 Å². The highest BCUT2D eigenvalue weighted by molar-refractivity contribution is 7.63. The monoisotopic (exact) mass is 478 g/mol. The van der Waals surface area contributed by atoms with Crippen LogP contribution in [0.3, 0.4) is 0 Å². The fraction of sp³-hybridized carbons (Fsp3) is 0.481. The number of benzene rings is 1. The van der Waals surface area contributed by atoms with E-state index in [1.165, 1.54) is 10.5 Å². The second-order valence-corrected chi connectivity index (χ2v) is 18.3. The van der Waals surface area contributed by atoms with Gasteiger partial charge in [-0.3, -0.25) is 4.79 Å². The SMILES string of the molecule is CC(=O)N1N=C(C)[C@H]2[C@H]3C=CC=C[C@@]34C(=C(C(C)(C)C)O[Si@]4(c3ccccc3)C(C)(C)C)P21. The molecular formula is C27H35N2O2PSi. The molecule has 0 bridgehead atoms. The molecule has 4 aliphatic rings. The zero-order valence-electron chi connectivity index (χ0n) is 21.0. The highest BCUT2D eigenvalue weighted by Crippen LogP contribution is 2.85. The maximum atomic E-state index is 12.9. The Hall–Kier alpha value is -1.97. The molecule has 33 heavy (non-hydrogen) atoms. The van der Waals surface area contributed by atoms with Crippen LogP contribution in [0.25, 0.3) is 0 Å². The molecule has 3 heterocycles. The molecule has 3 aliphatic heterocycles. The molecule has 5 atom stereocenters. The topological polar surface area (TPSA) is 41.9 Å². The Kier molecular flexibility index (Phi) is 4.85. The van der Waals surface area contributed by atoms with Crippen LogP contribution in [-0.2, 0) is 9.22 Å². The van der Waals surface area contributed by atoms with Crippen LogP contribution in [-0.4, -0.2) is 30.4 Å². The van der Waals surface area contributed by atoms with Gasteiger partial charge in [-0.1, -0.05) is 96.2 Å². The molecule has 0 aromatic heterocycles. The number of nitrogens with zero attached hydrogens (tertiary/aromatic N) is 2. The van der Waals surface area contributed by atoms with Gasteiger partial charge in [0, 0.05) is 29.3 Å². The van der Waals surface area contributed by atoms with E-state index < -0.39 is 16.4 Å². The summed E-state index contributed by atoms with van der Waals surface area (Å²) in [5.41, 5.74) is 1.15. The summed E-state index contributed by atoms with van der Waals surface area (Å²) in [5.74, 6) is 1.37. The first kappa shape index (κ1) is 22.8. The van der Waals surface area contributed by atoms with Gasteiger partial charge in [-0.25, -0.2) is 4.78 Å². The number of hydrazone groups is 1. The summed E-state index contributed by atoms with van der Waals surface area (Å²) >= 11 is 0. The van der Waals surface area contributed by atoms with Gasteiger partial charge in [0.15, 0.2) is 0 Å². The Labute approximate surface area is 200 Å². The summed E-state index contributed by atoms with van der Waals surface area (Å²) in [6.07, 6.45) is 9.27. The number of amides is 1. The van der Waals surface area contributed by atoms with Crippen molar-refractivity contribution in [2.45, 2.75) is 71.1 Å². The van der Waals surface area contributed by atoms with Crippen molar-refractivity contribution in [2.24, 2.45) is 16.4 Å². The summed E-state index contributed by atoms with van der Waals surface area (Å²) in [7, 11) is -3.71. The zero-order chi connectivity index (χ0) is 24.0. The summed E-state index contributed by atoms with van der Waals surface area (Å²) in [6.45, 7) is 17.6. The fourth-order valence-corrected chi connectivity index (χ4v) is 17.2. The van der Waals surface area contributed by atoms with Gasteiger partial charge in [0.2, 0.25) is 5.91 Å². The third-order valence-electron chi connectivity index (χ3n) is 7.68. The number of allylic oxidation sites excluding steroid dienone is 6. The van der Waals surface area contributed by atoms with E-state index in [9.17, 15) is 4.79 Å². The lowest BCUT2D eigenvalue weighted by molar-refractivity contribution is -0.124. The van der Waals surface area contributed by atoms with E-state index in [1.807, 2.05) is 4.78 Å². The summed E-state index contributed by atoms with van der Waals surface area (Å²) in [6, 6.07) is 11.0. The van der Waals surface area contributed by atoms with Crippen molar-refractivity contribution in [3.63, 3.8) is 0 Å². The van der Waals surface area contributed by atoms with Crippen LogP contribution in [0.2, 0.25) is 10.1 Å². The molecule has 6 heteroatoms. The molecule has 174 valence electrons. The third-order valence-corrected chi connectivity index (χ3v) is 16.6. The van der Waals surface area contributed by atoms with Gasteiger partial charge < -0.3 is 4.43 Å². The largest absolute Gasteiger partial charge is 0.540 e. The summed E-state index contributed by atoms with van der Waals surface area (Å²) in [4.78, 5) is 12.9. The zero-order valence-corrected chi connectivity index (χ0v) is 22.9. The number of hydrogen-bond acceptors (Lipinski definition) is 3. The van der Waals surface area contributed by atoms with Gasteiger partial charge in [0.25, 0.3) is 0 Å². The quantitative estimate of drug-likeness (QED) is 0.345. The van der Waals surface area contributed by atoms with E-state index in [1.54, 1.807) is 6.92 Å². The Morgan fingerprint density at radius 2 is 1.79 bits per heavy atom. The number of fused-ring (bicyclic) bond motifs is 3. The number of rotatable bonds is 1. The van der Waals surface area contributed by atoms with Gasteiger partial charge in [0.1, 0.15) is 0 Å². The van der Waals surface area contributed by atoms with Crippen molar-refractivity contribution < 1.29 is 9.22 Å². The minimum atomic E-state index is -2.74. The highest BCUT2D eigenvalue weighted by Gasteiger charge is 2.79. The Morgan fingerprint density at radius 3 is 2.36 bits per heavy atom. The molecule has 1 saturated heterocycles. The first-order valence-electron chi connectivity index (χ1n) is 11.9. The second kappa shape index (κ2) is 7.02. The second-order valence-electron chi connectivity index (χ2n) is 11.8. The molecule has 1 aromatic carbocycles. The summed E-state index contributed by atoms with van der Waals surface area (Å²) in [5, 5.41) is 7.19. The average molecular weight is 479 g/mol. The smallest absolute Gasteiger partial charge is 0.302 e. The van der Waals surface area contributed by atoms with Gasteiger partial charge >= 0.3 is 8.32 Å². The molecule has 5 rings (SSSR count). The maximum Gasteiger partial charge on any atom is 0.302 e. The van der Waals surface area contributed by atoms with E-state index in [0.29, 0.717) is 0 Å².